The summed E-state index contributed by atoms with van der Waals surface area (Å²) in [5, 5.41) is 3.99. The Morgan fingerprint density at radius 1 is 1.00 bits per heavy atom. The number of amides is 1. The average molecular weight is 366 g/mol. The number of aromatic amines is 1. The molecule has 0 bridgehead atoms. The Balaban J connectivity index is 1.44. The Morgan fingerprint density at radius 2 is 1.93 bits per heavy atom. The van der Waals surface area contributed by atoms with Crippen LogP contribution in [0.5, 0.6) is 0 Å². The minimum Gasteiger partial charge on any atom is -0.358 e. The van der Waals surface area contributed by atoms with Crippen LogP contribution in [0, 0.1) is 0 Å². The number of carbonyl (C=O) groups is 1. The summed E-state index contributed by atoms with van der Waals surface area (Å²) in [5.74, 6) is -0.0123. The Hall–Kier alpha value is -3.73. The van der Waals surface area contributed by atoms with Gasteiger partial charge in [-0.3, -0.25) is 14.8 Å². The second-order valence-corrected chi connectivity index (χ2v) is 6.85. The fourth-order valence-electron chi connectivity index (χ4n) is 3.52. The van der Waals surface area contributed by atoms with Gasteiger partial charge >= 0.3 is 0 Å². The van der Waals surface area contributed by atoms with E-state index in [2.05, 4.69) is 32.4 Å². The summed E-state index contributed by atoms with van der Waals surface area (Å²) in [6.07, 6.45) is 8.46. The molecule has 5 rings (SSSR count). The number of carbonyl (C=O) groups excluding carboxylic acids is 1. The van der Waals surface area contributed by atoms with Gasteiger partial charge in [-0.25, -0.2) is 0 Å². The molecule has 28 heavy (non-hydrogen) atoms. The van der Waals surface area contributed by atoms with E-state index in [1.165, 1.54) is 0 Å². The molecule has 1 aromatic carbocycles. The summed E-state index contributed by atoms with van der Waals surface area (Å²) in [4.78, 5) is 24.3. The van der Waals surface area contributed by atoms with Crippen LogP contribution in [0.4, 0.5) is 0 Å². The molecule has 0 saturated heterocycles. The van der Waals surface area contributed by atoms with Crippen LogP contribution in [0.3, 0.4) is 0 Å². The first-order valence-electron chi connectivity index (χ1n) is 9.26. The third-order valence-electron chi connectivity index (χ3n) is 4.95. The maximum absolute atomic E-state index is 12.0. The van der Waals surface area contributed by atoms with Gasteiger partial charge in [-0.15, -0.1) is 0 Å². The molecular weight excluding hydrogens is 348 g/mol. The Labute approximate surface area is 162 Å². The van der Waals surface area contributed by atoms with Crippen molar-refractivity contribution in [2.24, 2.45) is 0 Å². The number of H-pyrrole nitrogens is 1. The predicted octanol–water partition coefficient (Wildman–Crippen LogP) is 4.08. The van der Waals surface area contributed by atoms with Gasteiger partial charge in [0, 0.05) is 47.7 Å². The van der Waals surface area contributed by atoms with Gasteiger partial charge in [-0.1, -0.05) is 24.3 Å². The first-order valence-corrected chi connectivity index (χ1v) is 9.26. The van der Waals surface area contributed by atoms with Crippen molar-refractivity contribution < 1.29 is 4.79 Å². The van der Waals surface area contributed by atoms with Crippen LogP contribution in [-0.4, -0.2) is 27.4 Å². The molecule has 4 aromatic rings. The molecule has 0 saturated carbocycles. The quantitative estimate of drug-likeness (QED) is 0.574. The highest BCUT2D eigenvalue weighted by atomic mass is 16.1. The predicted molar refractivity (Wildman–Crippen MR) is 111 cm³/mol. The summed E-state index contributed by atoms with van der Waals surface area (Å²) < 4.78 is 0. The number of benzene rings is 1. The largest absolute Gasteiger partial charge is 0.358 e. The maximum atomic E-state index is 12.0. The molecule has 3 aromatic heterocycles. The normalized spacial score (nSPS) is 13.6. The first-order chi connectivity index (χ1) is 13.8. The molecule has 5 nitrogen and oxygen atoms in total. The fraction of sp³-hybridized carbons (Fsp3) is 0.0870. The number of nitrogens with zero attached hydrogens (tertiary/aromatic N) is 2. The van der Waals surface area contributed by atoms with Crippen molar-refractivity contribution >= 4 is 29.0 Å². The Morgan fingerprint density at radius 3 is 2.86 bits per heavy atom. The maximum Gasteiger partial charge on any atom is 0.253 e. The molecular formula is C23H18N4O. The molecule has 0 aliphatic carbocycles. The summed E-state index contributed by atoms with van der Waals surface area (Å²) in [7, 11) is 0. The van der Waals surface area contributed by atoms with E-state index in [1.54, 1.807) is 6.20 Å². The van der Waals surface area contributed by atoms with Crippen molar-refractivity contribution in [2.75, 3.05) is 6.54 Å². The van der Waals surface area contributed by atoms with Gasteiger partial charge in [-0.2, -0.15) is 0 Å². The van der Waals surface area contributed by atoms with Crippen molar-refractivity contribution in [3.8, 4) is 11.3 Å². The average Bonchev–Trinajstić information content (AvgIpc) is 3.18. The van der Waals surface area contributed by atoms with Gasteiger partial charge in [0.2, 0.25) is 0 Å². The van der Waals surface area contributed by atoms with Crippen LogP contribution in [0.2, 0.25) is 0 Å². The van der Waals surface area contributed by atoms with Gasteiger partial charge < -0.3 is 10.3 Å². The fourth-order valence-corrected chi connectivity index (χ4v) is 3.52. The lowest BCUT2D eigenvalue weighted by Gasteiger charge is -2.10. The second kappa shape index (κ2) is 6.78. The van der Waals surface area contributed by atoms with Gasteiger partial charge in [0.05, 0.1) is 16.8 Å². The molecule has 0 spiro atoms. The van der Waals surface area contributed by atoms with Crippen molar-refractivity contribution in [1.82, 2.24) is 20.3 Å². The van der Waals surface area contributed by atoms with Crippen molar-refractivity contribution in [2.45, 2.75) is 6.42 Å². The summed E-state index contributed by atoms with van der Waals surface area (Å²) in [6, 6.07) is 16.1. The molecule has 0 radical (unpaired) electrons. The van der Waals surface area contributed by atoms with Gasteiger partial charge in [0.1, 0.15) is 0 Å². The van der Waals surface area contributed by atoms with Crippen LogP contribution in [0.25, 0.3) is 34.3 Å². The smallest absolute Gasteiger partial charge is 0.253 e. The number of fused-ring (bicyclic) bond motifs is 2. The lowest BCUT2D eigenvalue weighted by molar-refractivity contribution is 0.0946. The minimum absolute atomic E-state index is 0.0123. The molecule has 0 fully saturated rings. The topological polar surface area (TPSA) is 70.7 Å². The zero-order chi connectivity index (χ0) is 18.9. The lowest BCUT2D eigenvalue weighted by atomic mass is 10.1. The number of aromatic nitrogens is 3. The third kappa shape index (κ3) is 3.07. The van der Waals surface area contributed by atoms with E-state index < -0.39 is 0 Å². The molecule has 1 aliphatic heterocycles. The number of para-hydroxylation sites is 1. The molecule has 4 heterocycles. The van der Waals surface area contributed by atoms with Crippen LogP contribution < -0.4 is 5.32 Å². The first kappa shape index (κ1) is 16.4. The highest BCUT2D eigenvalue weighted by Gasteiger charge is 2.19. The number of nitrogens with one attached hydrogen (secondary N) is 2. The van der Waals surface area contributed by atoms with E-state index >= 15 is 0 Å². The molecule has 5 heteroatoms. The standard InChI is InChI=1S/C23H18N4O/c28-23-19-13-22(27-21(19)8-10-25-23)17-7-9-24-18(12-17)6-5-15-11-16-3-1-2-4-20(16)26-14-15/h1-7,9,11-14,27H,8,10H2,(H,25,28)/b6-5+. The van der Waals surface area contributed by atoms with Gasteiger partial charge in [0.15, 0.2) is 0 Å². The summed E-state index contributed by atoms with van der Waals surface area (Å²) >= 11 is 0. The van der Waals surface area contributed by atoms with E-state index in [-0.39, 0.29) is 5.91 Å². The second-order valence-electron chi connectivity index (χ2n) is 6.85. The lowest BCUT2D eigenvalue weighted by Crippen LogP contribution is -2.31. The highest BCUT2D eigenvalue weighted by Crippen LogP contribution is 2.24. The van der Waals surface area contributed by atoms with Crippen LogP contribution in [0.1, 0.15) is 27.3 Å². The Kier molecular flexibility index (Phi) is 3.98. The molecule has 136 valence electrons. The van der Waals surface area contributed by atoms with Crippen LogP contribution >= 0.6 is 0 Å². The van der Waals surface area contributed by atoms with Crippen LogP contribution in [-0.2, 0) is 6.42 Å². The summed E-state index contributed by atoms with van der Waals surface area (Å²) in [5.41, 5.74) is 6.53. The van der Waals surface area contributed by atoms with E-state index in [4.69, 9.17) is 0 Å². The van der Waals surface area contributed by atoms with Crippen LogP contribution in [0.15, 0.2) is 60.9 Å². The van der Waals surface area contributed by atoms with Crippen molar-refractivity contribution in [3.63, 3.8) is 0 Å². The van der Waals surface area contributed by atoms with E-state index in [0.29, 0.717) is 6.54 Å². The zero-order valence-corrected chi connectivity index (χ0v) is 15.1. The van der Waals surface area contributed by atoms with Gasteiger partial charge in [-0.05, 0) is 42.0 Å². The van der Waals surface area contributed by atoms with E-state index in [9.17, 15) is 4.79 Å². The Bertz CT molecular complexity index is 1220. The number of hydrogen-bond donors (Lipinski definition) is 2. The molecule has 0 atom stereocenters. The minimum atomic E-state index is -0.0123. The molecule has 1 aliphatic rings. The monoisotopic (exact) mass is 366 g/mol. The summed E-state index contributed by atoms with van der Waals surface area (Å²) in [6.45, 7) is 0.677. The third-order valence-corrected chi connectivity index (χ3v) is 4.95. The van der Waals surface area contributed by atoms with E-state index in [1.807, 2.05) is 54.7 Å². The van der Waals surface area contributed by atoms with E-state index in [0.717, 1.165) is 51.1 Å². The zero-order valence-electron chi connectivity index (χ0n) is 15.1. The number of hydrogen-bond acceptors (Lipinski definition) is 3. The molecule has 1 amide bonds. The SMILES string of the molecule is O=C1NCCc2[nH]c(-c3ccnc(/C=C/c4cnc5ccccc5c4)c3)cc21. The molecule has 2 N–H and O–H groups in total. The molecule has 0 unspecified atom stereocenters. The van der Waals surface area contributed by atoms with Crippen molar-refractivity contribution in [1.29, 1.82) is 0 Å². The number of pyridine rings is 2. The highest BCUT2D eigenvalue weighted by molar-refractivity contribution is 5.97. The van der Waals surface area contributed by atoms with Gasteiger partial charge in [0.25, 0.3) is 5.91 Å². The number of rotatable bonds is 3. The van der Waals surface area contributed by atoms with Crippen molar-refractivity contribution in [3.05, 3.63) is 83.4 Å².